The quantitative estimate of drug-likeness (QED) is 0.829. The lowest BCUT2D eigenvalue weighted by Gasteiger charge is -2.05. The highest BCUT2D eigenvalue weighted by Crippen LogP contribution is 2.29. The second kappa shape index (κ2) is 4.00. The Balaban J connectivity index is 2.12. The minimum Gasteiger partial charge on any atom is -0.493 e. The summed E-state index contributed by atoms with van der Waals surface area (Å²) in [6.07, 6.45) is 0.973. The van der Waals surface area contributed by atoms with Gasteiger partial charge in [0.15, 0.2) is 10.6 Å². The van der Waals surface area contributed by atoms with Crippen LogP contribution in [0.2, 0.25) is 0 Å². The summed E-state index contributed by atoms with van der Waals surface area (Å²) in [4.78, 5) is 0. The molecule has 0 fully saturated rings. The van der Waals surface area contributed by atoms with Gasteiger partial charge in [-0.25, -0.2) is 0 Å². The summed E-state index contributed by atoms with van der Waals surface area (Å²) in [5, 5.41) is 7.13. The van der Waals surface area contributed by atoms with Crippen molar-refractivity contribution in [1.29, 1.82) is 0 Å². The summed E-state index contributed by atoms with van der Waals surface area (Å²) < 4.78 is 8.15. The number of hydrogen-bond donors (Lipinski definition) is 1. The molecule has 17 heavy (non-hydrogen) atoms. The van der Waals surface area contributed by atoms with Crippen LogP contribution in [0.15, 0.2) is 18.2 Å². The normalized spacial score (nSPS) is 13.5. The number of rotatable bonds is 2. The molecule has 88 valence electrons. The number of ether oxygens (including phenoxy) is 1. The Morgan fingerprint density at radius 1 is 1.53 bits per heavy atom. The van der Waals surface area contributed by atoms with E-state index in [9.17, 15) is 0 Å². The largest absolute Gasteiger partial charge is 0.493 e. The highest BCUT2D eigenvalue weighted by atomic mass is 32.1. The monoisotopic (exact) mass is 247 g/mol. The van der Waals surface area contributed by atoms with Gasteiger partial charge in [0.2, 0.25) is 0 Å². The summed E-state index contributed by atoms with van der Waals surface area (Å²) in [6, 6.07) is 6.18. The Hall–Kier alpha value is -1.62. The third kappa shape index (κ3) is 1.67. The summed E-state index contributed by atoms with van der Waals surface area (Å²) in [5.74, 6) is 1.89. The van der Waals surface area contributed by atoms with Crippen molar-refractivity contribution in [1.82, 2.24) is 14.8 Å². The number of nitrogens with one attached hydrogen (secondary N) is 1. The molecule has 1 aromatic carbocycles. The van der Waals surface area contributed by atoms with Crippen molar-refractivity contribution in [2.75, 3.05) is 6.61 Å². The van der Waals surface area contributed by atoms with Gasteiger partial charge in [0, 0.05) is 18.5 Å². The van der Waals surface area contributed by atoms with Crippen molar-refractivity contribution in [2.24, 2.45) is 0 Å². The highest BCUT2D eigenvalue weighted by molar-refractivity contribution is 7.71. The smallest absolute Gasteiger partial charge is 0.195 e. The zero-order valence-corrected chi connectivity index (χ0v) is 10.4. The second-order valence-corrected chi connectivity index (χ2v) is 4.40. The lowest BCUT2D eigenvalue weighted by Crippen LogP contribution is -1.97. The Morgan fingerprint density at radius 2 is 2.41 bits per heavy atom. The zero-order chi connectivity index (χ0) is 11.8. The minimum absolute atomic E-state index is 0.666. The lowest BCUT2D eigenvalue weighted by atomic mass is 10.1. The minimum atomic E-state index is 0.666. The molecule has 2 heterocycles. The topological polar surface area (TPSA) is 42.8 Å². The molecule has 0 aliphatic carbocycles. The average Bonchev–Trinajstić information content (AvgIpc) is 2.93. The molecule has 1 aliphatic rings. The first-order valence-corrected chi connectivity index (χ1v) is 6.11. The lowest BCUT2D eigenvalue weighted by molar-refractivity contribution is 0.357. The standard InChI is InChI=1S/C12H13N3OS/c1-2-15-11(13-14-12(15)17)9-3-4-10-8(7-9)5-6-16-10/h3-4,7H,2,5-6H2,1H3,(H,14,17). The van der Waals surface area contributed by atoms with Gasteiger partial charge in [-0.2, -0.15) is 5.10 Å². The molecule has 0 atom stereocenters. The van der Waals surface area contributed by atoms with Gasteiger partial charge in [-0.1, -0.05) is 0 Å². The van der Waals surface area contributed by atoms with Gasteiger partial charge in [-0.15, -0.1) is 0 Å². The Kier molecular flexibility index (Phi) is 2.48. The van der Waals surface area contributed by atoms with Crippen molar-refractivity contribution in [3.05, 3.63) is 28.5 Å². The van der Waals surface area contributed by atoms with Crippen LogP contribution >= 0.6 is 12.2 Å². The molecular formula is C12H13N3OS. The van der Waals surface area contributed by atoms with Gasteiger partial charge in [0.05, 0.1) is 6.61 Å². The first-order valence-electron chi connectivity index (χ1n) is 5.71. The first kappa shape index (κ1) is 10.5. The fourth-order valence-corrected chi connectivity index (χ4v) is 2.42. The maximum atomic E-state index is 5.50. The molecule has 3 rings (SSSR count). The summed E-state index contributed by atoms with van der Waals surface area (Å²) in [5.41, 5.74) is 2.34. The molecule has 0 saturated carbocycles. The van der Waals surface area contributed by atoms with Crippen LogP contribution in [0, 0.1) is 4.77 Å². The van der Waals surface area contributed by atoms with Gasteiger partial charge < -0.3 is 9.30 Å². The molecule has 1 aromatic heterocycles. The number of aromatic nitrogens is 3. The molecule has 4 nitrogen and oxygen atoms in total. The predicted octanol–water partition coefficient (Wildman–Crippen LogP) is 2.56. The Bertz CT molecular complexity index is 614. The van der Waals surface area contributed by atoms with E-state index in [2.05, 4.69) is 23.2 Å². The number of aromatic amines is 1. The molecule has 1 aliphatic heterocycles. The van der Waals surface area contributed by atoms with Crippen LogP contribution in [0.1, 0.15) is 12.5 Å². The van der Waals surface area contributed by atoms with E-state index in [1.54, 1.807) is 0 Å². The van der Waals surface area contributed by atoms with E-state index in [1.165, 1.54) is 5.56 Å². The molecular weight excluding hydrogens is 234 g/mol. The van der Waals surface area contributed by atoms with Gasteiger partial charge >= 0.3 is 0 Å². The van der Waals surface area contributed by atoms with Crippen molar-refractivity contribution in [3.8, 4) is 17.1 Å². The molecule has 0 saturated heterocycles. The van der Waals surface area contributed by atoms with E-state index >= 15 is 0 Å². The van der Waals surface area contributed by atoms with E-state index in [1.807, 2.05) is 16.7 Å². The van der Waals surface area contributed by atoms with Crippen LogP contribution in [0.5, 0.6) is 5.75 Å². The van der Waals surface area contributed by atoms with Crippen LogP contribution in [-0.4, -0.2) is 21.4 Å². The van der Waals surface area contributed by atoms with E-state index < -0.39 is 0 Å². The summed E-state index contributed by atoms with van der Waals surface area (Å²) in [6.45, 7) is 3.66. The van der Waals surface area contributed by atoms with E-state index in [-0.39, 0.29) is 0 Å². The van der Waals surface area contributed by atoms with Crippen molar-refractivity contribution in [2.45, 2.75) is 19.9 Å². The zero-order valence-electron chi connectivity index (χ0n) is 9.56. The van der Waals surface area contributed by atoms with Crippen molar-refractivity contribution < 1.29 is 4.74 Å². The fraction of sp³-hybridized carbons (Fsp3) is 0.333. The van der Waals surface area contributed by atoms with Gasteiger partial charge in [-0.05, 0) is 42.9 Å². The molecule has 0 radical (unpaired) electrons. The maximum absolute atomic E-state index is 5.50. The molecule has 5 heteroatoms. The molecule has 0 spiro atoms. The first-order chi connectivity index (χ1) is 8.29. The number of hydrogen-bond acceptors (Lipinski definition) is 3. The number of fused-ring (bicyclic) bond motifs is 1. The predicted molar refractivity (Wildman–Crippen MR) is 67.7 cm³/mol. The molecule has 1 N–H and O–H groups in total. The molecule has 0 unspecified atom stereocenters. The van der Waals surface area contributed by atoms with Crippen LogP contribution in [0.25, 0.3) is 11.4 Å². The molecule has 0 bridgehead atoms. The maximum Gasteiger partial charge on any atom is 0.195 e. The van der Waals surface area contributed by atoms with E-state index in [0.717, 1.165) is 36.7 Å². The fourth-order valence-electron chi connectivity index (χ4n) is 2.16. The number of benzene rings is 1. The number of H-pyrrole nitrogens is 1. The highest BCUT2D eigenvalue weighted by Gasteiger charge is 2.15. The van der Waals surface area contributed by atoms with Crippen LogP contribution in [0.3, 0.4) is 0 Å². The molecule has 2 aromatic rings. The Labute approximate surface area is 104 Å². The van der Waals surface area contributed by atoms with Crippen LogP contribution < -0.4 is 4.74 Å². The van der Waals surface area contributed by atoms with Crippen LogP contribution in [0.4, 0.5) is 0 Å². The number of nitrogens with zero attached hydrogens (tertiary/aromatic N) is 2. The molecule has 0 amide bonds. The second-order valence-electron chi connectivity index (χ2n) is 4.02. The SMILES string of the molecule is CCn1c(-c2ccc3c(c2)CCO3)n[nH]c1=S. The Morgan fingerprint density at radius 3 is 3.24 bits per heavy atom. The third-order valence-corrected chi connectivity index (χ3v) is 3.33. The van der Waals surface area contributed by atoms with Crippen LogP contribution in [-0.2, 0) is 13.0 Å². The van der Waals surface area contributed by atoms with Crippen molar-refractivity contribution >= 4 is 12.2 Å². The summed E-state index contributed by atoms with van der Waals surface area (Å²) in [7, 11) is 0. The van der Waals surface area contributed by atoms with E-state index in [4.69, 9.17) is 17.0 Å². The average molecular weight is 247 g/mol. The third-order valence-electron chi connectivity index (χ3n) is 3.02. The van der Waals surface area contributed by atoms with Crippen molar-refractivity contribution in [3.63, 3.8) is 0 Å². The van der Waals surface area contributed by atoms with E-state index in [0.29, 0.717) is 4.77 Å². The van der Waals surface area contributed by atoms with Gasteiger partial charge in [0.1, 0.15) is 5.75 Å². The summed E-state index contributed by atoms with van der Waals surface area (Å²) >= 11 is 5.19. The van der Waals surface area contributed by atoms with Gasteiger partial charge in [0.25, 0.3) is 0 Å². The van der Waals surface area contributed by atoms with Gasteiger partial charge in [-0.3, -0.25) is 5.10 Å².